The lowest BCUT2D eigenvalue weighted by atomic mass is 9.96. The number of halogens is 2. The summed E-state index contributed by atoms with van der Waals surface area (Å²) in [5.74, 6) is -0.653. The third-order valence-electron chi connectivity index (χ3n) is 4.48. The van der Waals surface area contributed by atoms with Gasteiger partial charge in [-0.15, -0.1) is 0 Å². The van der Waals surface area contributed by atoms with E-state index in [0.29, 0.717) is 30.2 Å². The molecular weight excluding hydrogens is 307 g/mol. The van der Waals surface area contributed by atoms with Crippen molar-refractivity contribution in [2.24, 2.45) is 5.73 Å². The molecule has 0 aliphatic carbocycles. The van der Waals surface area contributed by atoms with Crippen molar-refractivity contribution in [2.75, 3.05) is 13.1 Å². The third kappa shape index (κ3) is 2.27. The van der Waals surface area contributed by atoms with Gasteiger partial charge < -0.3 is 15.6 Å². The number of amides is 1. The van der Waals surface area contributed by atoms with Crippen LogP contribution in [0.25, 0.3) is 11.0 Å². The smallest absolute Gasteiger partial charge is 0.267 e. The summed E-state index contributed by atoms with van der Waals surface area (Å²) in [6, 6.07) is 1.03. The van der Waals surface area contributed by atoms with Gasteiger partial charge in [-0.3, -0.25) is 4.79 Å². The molecule has 5 nitrogen and oxygen atoms in total. The molecule has 0 radical (unpaired) electrons. The van der Waals surface area contributed by atoms with Gasteiger partial charge >= 0.3 is 0 Å². The largest absolute Gasteiger partial charge is 0.364 e. The summed E-state index contributed by atoms with van der Waals surface area (Å²) < 4.78 is 16.8. The van der Waals surface area contributed by atoms with E-state index in [1.54, 1.807) is 4.57 Å². The number of hydrogen-bond acceptors (Lipinski definition) is 3. The second-order valence-electron chi connectivity index (χ2n) is 5.91. The SMILES string of the molecule is Cc1cn([C@@H](C)[C@@]2(F)CCNC2)c2nc(C(N)=O)cc(Cl)c12. The van der Waals surface area contributed by atoms with Crippen molar-refractivity contribution < 1.29 is 9.18 Å². The lowest BCUT2D eigenvalue weighted by Crippen LogP contribution is -2.35. The predicted molar refractivity (Wildman–Crippen MR) is 84.0 cm³/mol. The van der Waals surface area contributed by atoms with Crippen molar-refractivity contribution in [1.82, 2.24) is 14.9 Å². The molecule has 1 fully saturated rings. The first-order chi connectivity index (χ1) is 10.3. The molecule has 1 saturated heterocycles. The number of alkyl halides is 1. The van der Waals surface area contributed by atoms with Gasteiger partial charge in [0, 0.05) is 18.1 Å². The number of nitrogens with one attached hydrogen (secondary N) is 1. The van der Waals surface area contributed by atoms with E-state index < -0.39 is 17.6 Å². The zero-order chi connectivity index (χ0) is 16.1. The van der Waals surface area contributed by atoms with Crippen LogP contribution < -0.4 is 11.1 Å². The lowest BCUT2D eigenvalue weighted by Gasteiger charge is -2.28. The van der Waals surface area contributed by atoms with Gasteiger partial charge in [0.25, 0.3) is 5.91 Å². The van der Waals surface area contributed by atoms with Crippen molar-refractivity contribution in [3.8, 4) is 0 Å². The first-order valence-electron chi connectivity index (χ1n) is 7.20. The number of primary amides is 1. The van der Waals surface area contributed by atoms with Crippen molar-refractivity contribution >= 4 is 28.5 Å². The maximum absolute atomic E-state index is 15.1. The Morgan fingerprint density at radius 3 is 2.95 bits per heavy atom. The zero-order valence-electron chi connectivity index (χ0n) is 12.5. The maximum Gasteiger partial charge on any atom is 0.267 e. The monoisotopic (exact) mass is 324 g/mol. The van der Waals surface area contributed by atoms with Crippen LogP contribution in [-0.4, -0.2) is 34.2 Å². The van der Waals surface area contributed by atoms with E-state index in [1.165, 1.54) is 6.07 Å². The van der Waals surface area contributed by atoms with Crippen molar-refractivity contribution in [2.45, 2.75) is 32.0 Å². The van der Waals surface area contributed by atoms with Crippen LogP contribution >= 0.6 is 11.6 Å². The van der Waals surface area contributed by atoms with Crippen LogP contribution in [0, 0.1) is 6.92 Å². The second kappa shape index (κ2) is 5.21. The van der Waals surface area contributed by atoms with Gasteiger partial charge in [-0.2, -0.15) is 0 Å². The summed E-state index contributed by atoms with van der Waals surface area (Å²) in [5, 5.41) is 4.18. The fourth-order valence-electron chi connectivity index (χ4n) is 3.10. The molecule has 118 valence electrons. The quantitative estimate of drug-likeness (QED) is 0.910. The first kappa shape index (κ1) is 15.2. The van der Waals surface area contributed by atoms with E-state index in [0.717, 1.165) is 10.9 Å². The van der Waals surface area contributed by atoms with Crippen LogP contribution in [0.4, 0.5) is 4.39 Å². The number of carbonyl (C=O) groups excluding carboxylic acids is 1. The van der Waals surface area contributed by atoms with Crippen molar-refractivity contribution in [1.29, 1.82) is 0 Å². The van der Waals surface area contributed by atoms with E-state index >= 15 is 4.39 Å². The number of carbonyl (C=O) groups is 1. The van der Waals surface area contributed by atoms with Crippen LogP contribution in [0.15, 0.2) is 12.3 Å². The average molecular weight is 325 g/mol. The second-order valence-corrected chi connectivity index (χ2v) is 6.32. The topological polar surface area (TPSA) is 72.9 Å². The third-order valence-corrected chi connectivity index (χ3v) is 4.78. The molecule has 2 aromatic heterocycles. The fraction of sp³-hybridized carbons (Fsp3) is 0.467. The minimum Gasteiger partial charge on any atom is -0.364 e. The van der Waals surface area contributed by atoms with Gasteiger partial charge in [0.15, 0.2) is 0 Å². The standard InChI is InChI=1S/C15H18ClFN4O/c1-8-6-21(9(2)15(17)3-4-19-7-15)14-12(8)10(16)5-11(20-14)13(18)22/h5-6,9,19H,3-4,7H2,1-2H3,(H2,18,22)/t9-,15+/m0/s1. The number of aromatic nitrogens is 2. The Kier molecular flexibility index (Phi) is 3.61. The van der Waals surface area contributed by atoms with E-state index in [4.69, 9.17) is 17.3 Å². The Balaban J connectivity index is 2.19. The molecule has 2 atom stereocenters. The summed E-state index contributed by atoms with van der Waals surface area (Å²) >= 11 is 6.26. The summed E-state index contributed by atoms with van der Waals surface area (Å²) in [4.78, 5) is 15.7. The van der Waals surface area contributed by atoms with E-state index in [1.807, 2.05) is 20.0 Å². The summed E-state index contributed by atoms with van der Waals surface area (Å²) in [5.41, 5.74) is 5.42. The minimum atomic E-state index is -1.35. The van der Waals surface area contributed by atoms with Crippen LogP contribution in [0.3, 0.4) is 0 Å². The molecule has 1 aliphatic rings. The molecule has 22 heavy (non-hydrogen) atoms. The molecule has 3 N–H and O–H groups in total. The number of aryl methyl sites for hydroxylation is 1. The lowest BCUT2D eigenvalue weighted by molar-refractivity contribution is 0.0995. The molecule has 3 rings (SSSR count). The normalized spacial score (nSPS) is 23.1. The summed E-state index contributed by atoms with van der Waals surface area (Å²) in [6.45, 7) is 4.66. The van der Waals surface area contributed by atoms with Crippen LogP contribution in [0.2, 0.25) is 5.02 Å². The van der Waals surface area contributed by atoms with Gasteiger partial charge in [-0.05, 0) is 38.4 Å². The summed E-state index contributed by atoms with van der Waals surface area (Å²) in [7, 11) is 0. The van der Waals surface area contributed by atoms with Gasteiger partial charge in [0.1, 0.15) is 17.0 Å². The van der Waals surface area contributed by atoms with Crippen LogP contribution in [0.1, 0.15) is 35.4 Å². The molecule has 0 spiro atoms. The van der Waals surface area contributed by atoms with Crippen molar-refractivity contribution in [3.05, 3.63) is 28.5 Å². The van der Waals surface area contributed by atoms with Gasteiger partial charge in [-0.25, -0.2) is 9.37 Å². The zero-order valence-corrected chi connectivity index (χ0v) is 13.2. The Morgan fingerprint density at radius 2 is 2.36 bits per heavy atom. The maximum atomic E-state index is 15.1. The van der Waals surface area contributed by atoms with Gasteiger partial charge in [0.05, 0.1) is 11.1 Å². The predicted octanol–water partition coefficient (Wildman–Crippen LogP) is 2.36. The highest BCUT2D eigenvalue weighted by atomic mass is 35.5. The average Bonchev–Trinajstić information content (AvgIpc) is 3.03. The van der Waals surface area contributed by atoms with Crippen LogP contribution in [0.5, 0.6) is 0 Å². The Labute approximate surface area is 132 Å². The highest BCUT2D eigenvalue weighted by Crippen LogP contribution is 2.37. The molecule has 7 heteroatoms. The fourth-order valence-corrected chi connectivity index (χ4v) is 3.43. The van der Waals surface area contributed by atoms with Gasteiger partial charge in [0.2, 0.25) is 0 Å². The highest BCUT2D eigenvalue weighted by molar-refractivity contribution is 6.35. The number of fused-ring (bicyclic) bond motifs is 1. The Morgan fingerprint density at radius 1 is 1.64 bits per heavy atom. The number of nitrogens with zero attached hydrogens (tertiary/aromatic N) is 2. The molecule has 1 aliphatic heterocycles. The van der Waals surface area contributed by atoms with Crippen LogP contribution in [-0.2, 0) is 0 Å². The molecule has 0 bridgehead atoms. The number of pyridine rings is 1. The Hall–Kier alpha value is -1.66. The molecule has 1 amide bonds. The van der Waals surface area contributed by atoms with E-state index in [-0.39, 0.29) is 5.69 Å². The number of rotatable bonds is 3. The number of nitrogens with two attached hydrogens (primary N) is 1. The first-order valence-corrected chi connectivity index (χ1v) is 7.58. The molecule has 2 aromatic rings. The molecule has 0 aromatic carbocycles. The molecular formula is C15H18ClFN4O. The summed E-state index contributed by atoms with van der Waals surface area (Å²) in [6.07, 6.45) is 2.27. The van der Waals surface area contributed by atoms with Gasteiger partial charge in [-0.1, -0.05) is 11.6 Å². The molecule has 0 unspecified atom stereocenters. The van der Waals surface area contributed by atoms with E-state index in [2.05, 4.69) is 10.3 Å². The molecule has 0 saturated carbocycles. The molecule has 3 heterocycles. The number of hydrogen-bond donors (Lipinski definition) is 2. The Bertz CT molecular complexity index is 752. The van der Waals surface area contributed by atoms with Crippen molar-refractivity contribution in [3.63, 3.8) is 0 Å². The highest BCUT2D eigenvalue weighted by Gasteiger charge is 2.41. The van der Waals surface area contributed by atoms with E-state index in [9.17, 15) is 4.79 Å². The minimum absolute atomic E-state index is 0.0847.